The summed E-state index contributed by atoms with van der Waals surface area (Å²) in [5.41, 5.74) is 2.69. The summed E-state index contributed by atoms with van der Waals surface area (Å²) in [7, 11) is 0. The number of nitrogens with zero attached hydrogens (tertiary/aromatic N) is 1. The lowest BCUT2D eigenvalue weighted by Gasteiger charge is -2.16. The second kappa shape index (κ2) is 7.03. The van der Waals surface area contributed by atoms with Gasteiger partial charge in [-0.1, -0.05) is 38.1 Å². The minimum atomic E-state index is 0.374. The van der Waals surface area contributed by atoms with Crippen molar-refractivity contribution < 1.29 is 0 Å². The summed E-state index contributed by atoms with van der Waals surface area (Å²) >= 11 is 0. The maximum atomic E-state index is 8.50. The Hall–Kier alpha value is -1.33. The normalized spacial score (nSPS) is 12.1. The van der Waals surface area contributed by atoms with Gasteiger partial charge in [0, 0.05) is 19.0 Å². The van der Waals surface area contributed by atoms with E-state index in [-0.39, 0.29) is 0 Å². The molecule has 0 spiro atoms. The molecule has 0 fully saturated rings. The van der Waals surface area contributed by atoms with Crippen LogP contribution in [-0.4, -0.2) is 6.54 Å². The largest absolute Gasteiger partial charge is 0.309 e. The number of hydrogen-bond donors (Lipinski definition) is 1. The topological polar surface area (TPSA) is 35.8 Å². The molecule has 2 heteroatoms. The van der Waals surface area contributed by atoms with Gasteiger partial charge < -0.3 is 5.32 Å². The van der Waals surface area contributed by atoms with E-state index in [2.05, 4.69) is 49.5 Å². The summed E-state index contributed by atoms with van der Waals surface area (Å²) in [6.07, 6.45) is 2.71. The molecule has 1 aromatic carbocycles. The zero-order valence-corrected chi connectivity index (χ0v) is 10.2. The molecule has 1 atom stereocenters. The molecule has 0 saturated heterocycles. The third-order valence-electron chi connectivity index (χ3n) is 2.83. The quantitative estimate of drug-likeness (QED) is 0.741. The van der Waals surface area contributed by atoms with E-state index in [1.807, 2.05) is 0 Å². The minimum Gasteiger partial charge on any atom is -0.309 e. The first-order valence-electron chi connectivity index (χ1n) is 6.01. The van der Waals surface area contributed by atoms with Crippen LogP contribution in [0.1, 0.15) is 43.9 Å². The van der Waals surface area contributed by atoms with Crippen molar-refractivity contribution in [1.82, 2.24) is 5.32 Å². The number of hydrogen-bond acceptors (Lipinski definition) is 2. The summed E-state index contributed by atoms with van der Waals surface area (Å²) in [6, 6.07) is 11.3. The van der Waals surface area contributed by atoms with E-state index in [1.165, 1.54) is 11.1 Å². The van der Waals surface area contributed by atoms with Gasteiger partial charge in [0.15, 0.2) is 0 Å². The van der Waals surface area contributed by atoms with Gasteiger partial charge in [0.25, 0.3) is 0 Å². The fourth-order valence-corrected chi connectivity index (χ4v) is 1.79. The van der Waals surface area contributed by atoms with Gasteiger partial charge in [-0.05, 0) is 24.0 Å². The van der Waals surface area contributed by atoms with E-state index in [0.717, 1.165) is 19.4 Å². The van der Waals surface area contributed by atoms with E-state index in [9.17, 15) is 0 Å². The summed E-state index contributed by atoms with van der Waals surface area (Å²) in [4.78, 5) is 0. The lowest BCUT2D eigenvalue weighted by Crippen LogP contribution is -2.21. The SMILES string of the molecule is CCc1ccc(C(CC)NCCC#N)cc1. The Morgan fingerprint density at radius 3 is 2.44 bits per heavy atom. The van der Waals surface area contributed by atoms with Gasteiger partial charge in [-0.15, -0.1) is 0 Å². The van der Waals surface area contributed by atoms with Crippen LogP contribution in [0.2, 0.25) is 0 Å². The Balaban J connectivity index is 2.60. The molecule has 0 radical (unpaired) electrons. The molecule has 86 valence electrons. The van der Waals surface area contributed by atoms with E-state index < -0.39 is 0 Å². The molecule has 0 aliphatic rings. The highest BCUT2D eigenvalue weighted by atomic mass is 14.9. The molecule has 0 saturated carbocycles. The molecule has 1 rings (SSSR count). The Morgan fingerprint density at radius 2 is 1.94 bits per heavy atom. The number of nitrogens with one attached hydrogen (secondary N) is 1. The first kappa shape index (κ1) is 12.7. The highest BCUT2D eigenvalue weighted by Gasteiger charge is 2.07. The van der Waals surface area contributed by atoms with Crippen molar-refractivity contribution in [2.24, 2.45) is 0 Å². The summed E-state index contributed by atoms with van der Waals surface area (Å²) in [6.45, 7) is 5.10. The molecular formula is C14H20N2. The summed E-state index contributed by atoms with van der Waals surface area (Å²) in [5.74, 6) is 0. The second-order valence-electron chi connectivity index (χ2n) is 3.92. The lowest BCUT2D eigenvalue weighted by atomic mass is 10.0. The lowest BCUT2D eigenvalue weighted by molar-refractivity contribution is 0.527. The van der Waals surface area contributed by atoms with Crippen LogP contribution in [0.4, 0.5) is 0 Å². The Bertz CT molecular complexity index is 335. The molecule has 0 aromatic heterocycles. The first-order valence-corrected chi connectivity index (χ1v) is 6.01. The average molecular weight is 216 g/mol. The molecule has 2 nitrogen and oxygen atoms in total. The molecule has 0 heterocycles. The van der Waals surface area contributed by atoms with Crippen LogP contribution in [0.5, 0.6) is 0 Å². The fraction of sp³-hybridized carbons (Fsp3) is 0.500. The predicted molar refractivity (Wildman–Crippen MR) is 67.1 cm³/mol. The number of aryl methyl sites for hydroxylation is 1. The zero-order chi connectivity index (χ0) is 11.8. The molecule has 0 bridgehead atoms. The number of rotatable bonds is 6. The van der Waals surface area contributed by atoms with Gasteiger partial charge in [0.1, 0.15) is 0 Å². The van der Waals surface area contributed by atoms with Crippen LogP contribution in [0.25, 0.3) is 0 Å². The number of benzene rings is 1. The molecule has 1 N–H and O–H groups in total. The van der Waals surface area contributed by atoms with Gasteiger partial charge in [-0.25, -0.2) is 0 Å². The standard InChI is InChI=1S/C14H20N2/c1-3-12-6-8-13(9-7-12)14(4-2)16-11-5-10-15/h6-9,14,16H,3-5,11H2,1-2H3. The van der Waals surface area contributed by atoms with Crippen molar-refractivity contribution in [3.05, 3.63) is 35.4 Å². The average Bonchev–Trinajstić information content (AvgIpc) is 2.35. The van der Waals surface area contributed by atoms with Crippen LogP contribution in [0.3, 0.4) is 0 Å². The summed E-state index contributed by atoms with van der Waals surface area (Å²) in [5, 5.41) is 11.9. The van der Waals surface area contributed by atoms with Gasteiger partial charge in [0.2, 0.25) is 0 Å². The maximum absolute atomic E-state index is 8.50. The van der Waals surface area contributed by atoms with Crippen molar-refractivity contribution in [2.75, 3.05) is 6.54 Å². The number of nitriles is 1. The molecule has 1 unspecified atom stereocenters. The molecule has 16 heavy (non-hydrogen) atoms. The molecule has 0 aliphatic carbocycles. The van der Waals surface area contributed by atoms with Crippen molar-refractivity contribution >= 4 is 0 Å². The van der Waals surface area contributed by atoms with Gasteiger partial charge in [0.05, 0.1) is 6.07 Å². The van der Waals surface area contributed by atoms with Crippen LogP contribution in [0, 0.1) is 11.3 Å². The monoisotopic (exact) mass is 216 g/mol. The Morgan fingerprint density at radius 1 is 1.25 bits per heavy atom. The van der Waals surface area contributed by atoms with Crippen molar-refractivity contribution in [3.63, 3.8) is 0 Å². The molecule has 1 aromatic rings. The van der Waals surface area contributed by atoms with Crippen molar-refractivity contribution in [1.29, 1.82) is 5.26 Å². The van der Waals surface area contributed by atoms with Crippen molar-refractivity contribution in [2.45, 2.75) is 39.2 Å². The van der Waals surface area contributed by atoms with Crippen molar-refractivity contribution in [3.8, 4) is 6.07 Å². The molecule has 0 amide bonds. The van der Waals surface area contributed by atoms with Crippen LogP contribution in [0.15, 0.2) is 24.3 Å². The van der Waals surface area contributed by atoms with Gasteiger partial charge >= 0.3 is 0 Å². The Kier molecular flexibility index (Phi) is 5.60. The fourth-order valence-electron chi connectivity index (χ4n) is 1.79. The smallest absolute Gasteiger partial charge is 0.0635 e. The van der Waals surface area contributed by atoms with Gasteiger partial charge in [-0.2, -0.15) is 5.26 Å². The van der Waals surface area contributed by atoms with Crippen LogP contribution >= 0.6 is 0 Å². The molecular weight excluding hydrogens is 196 g/mol. The highest BCUT2D eigenvalue weighted by molar-refractivity contribution is 5.25. The Labute approximate surface area is 98.3 Å². The minimum absolute atomic E-state index is 0.374. The predicted octanol–water partition coefficient (Wildman–Crippen LogP) is 3.20. The van der Waals surface area contributed by atoms with E-state index in [1.54, 1.807) is 0 Å². The second-order valence-corrected chi connectivity index (χ2v) is 3.92. The zero-order valence-electron chi connectivity index (χ0n) is 10.2. The van der Waals surface area contributed by atoms with Gasteiger partial charge in [-0.3, -0.25) is 0 Å². The van der Waals surface area contributed by atoms with E-state index >= 15 is 0 Å². The third-order valence-corrected chi connectivity index (χ3v) is 2.83. The van der Waals surface area contributed by atoms with E-state index in [0.29, 0.717) is 12.5 Å². The molecule has 0 aliphatic heterocycles. The highest BCUT2D eigenvalue weighted by Crippen LogP contribution is 2.17. The van der Waals surface area contributed by atoms with Crippen LogP contribution in [-0.2, 0) is 6.42 Å². The third kappa shape index (κ3) is 3.67. The summed E-state index contributed by atoms with van der Waals surface area (Å²) < 4.78 is 0. The first-order chi connectivity index (χ1) is 7.81. The van der Waals surface area contributed by atoms with Crippen LogP contribution < -0.4 is 5.32 Å². The van der Waals surface area contributed by atoms with E-state index in [4.69, 9.17) is 5.26 Å². The maximum Gasteiger partial charge on any atom is 0.0635 e.